The Morgan fingerprint density at radius 1 is 0.950 bits per heavy atom. The molecule has 9 atom stereocenters. The number of fused-ring (bicyclic) bond motifs is 1. The average molecular weight is 589 g/mol. The molecule has 0 saturated carbocycles. The van der Waals surface area contributed by atoms with Gasteiger partial charge in [0.2, 0.25) is 5.95 Å². The number of anilines is 1. The molecule has 0 radical (unpaired) electrons. The Morgan fingerprint density at radius 3 is 2.10 bits per heavy atom. The Labute approximate surface area is 220 Å². The molecular formula is C19H24N7O13P. The third-order valence-corrected chi connectivity index (χ3v) is 7.28. The Hall–Kier alpha value is -3.30. The molecule has 9 N–H and O–H groups in total. The molecule has 0 spiro atoms. The highest BCUT2D eigenvalue weighted by Gasteiger charge is 2.47. The SMILES string of the molecule is Nc1nc2c(ncn2[C@@H]2O[C@H](COP(=O)(O)OC[C@H]3O[C@@H](n4ccc(=O)[nH]c4=O)[C@H](O)[C@@H]3O)[C@@H](O)[C@H]2O)c(=O)[nH]1. The van der Waals surface area contributed by atoms with Crippen molar-refractivity contribution in [1.82, 2.24) is 29.1 Å². The fraction of sp³-hybridized carbons (Fsp3) is 0.526. The maximum absolute atomic E-state index is 12.4. The predicted molar refractivity (Wildman–Crippen MR) is 127 cm³/mol. The summed E-state index contributed by atoms with van der Waals surface area (Å²) in [5.41, 5.74) is 3.13. The maximum atomic E-state index is 12.4. The van der Waals surface area contributed by atoms with Gasteiger partial charge in [-0.25, -0.2) is 14.3 Å². The van der Waals surface area contributed by atoms with E-state index in [9.17, 15) is 44.3 Å². The lowest BCUT2D eigenvalue weighted by molar-refractivity contribution is -0.0626. The summed E-state index contributed by atoms with van der Waals surface area (Å²) in [7, 11) is -4.88. The quantitative estimate of drug-likeness (QED) is 0.115. The lowest BCUT2D eigenvalue weighted by atomic mass is 10.1. The van der Waals surface area contributed by atoms with Gasteiger partial charge in [-0.1, -0.05) is 0 Å². The second kappa shape index (κ2) is 10.6. The molecule has 3 aromatic heterocycles. The zero-order chi connectivity index (χ0) is 28.9. The Balaban J connectivity index is 1.20. The summed E-state index contributed by atoms with van der Waals surface area (Å²) in [4.78, 5) is 57.4. The number of ether oxygens (including phenoxy) is 2. The second-order valence-electron chi connectivity index (χ2n) is 8.95. The smallest absolute Gasteiger partial charge is 0.387 e. The van der Waals surface area contributed by atoms with Crippen LogP contribution < -0.4 is 22.5 Å². The molecule has 0 aromatic carbocycles. The zero-order valence-corrected chi connectivity index (χ0v) is 21.0. The van der Waals surface area contributed by atoms with Crippen molar-refractivity contribution in [3.63, 3.8) is 0 Å². The van der Waals surface area contributed by atoms with Gasteiger partial charge in [0, 0.05) is 12.3 Å². The zero-order valence-electron chi connectivity index (χ0n) is 20.1. The van der Waals surface area contributed by atoms with E-state index in [1.54, 1.807) is 0 Å². The van der Waals surface area contributed by atoms with Gasteiger partial charge in [-0.15, -0.1) is 0 Å². The molecule has 5 heterocycles. The standard InChI is InChI=1S/C19H24N7O13P/c20-18-23-14-9(15(32)24-18)21-5-26(14)17-13(31)11(29)7(39-17)4-37-40(34,35)36-3-6-10(28)12(30)16(38-6)25-2-1-8(27)22-19(25)33/h1-2,5-7,10-13,16-17,28-31H,3-4H2,(H,34,35)(H,22,27,33)(H3,20,23,24,32)/t6-,7-,10-,11-,12-,13-,16-,17-/m1/s1. The lowest BCUT2D eigenvalue weighted by Gasteiger charge is -2.20. The maximum Gasteiger partial charge on any atom is 0.472 e. The van der Waals surface area contributed by atoms with E-state index in [4.69, 9.17) is 24.3 Å². The topological polar surface area (TPSA) is 300 Å². The van der Waals surface area contributed by atoms with Crippen molar-refractivity contribution >= 4 is 24.9 Å². The molecule has 0 bridgehead atoms. The fourth-order valence-electron chi connectivity index (χ4n) is 4.32. The second-order valence-corrected chi connectivity index (χ2v) is 10.4. The summed E-state index contributed by atoms with van der Waals surface area (Å²) in [6, 6.07) is 0.991. The summed E-state index contributed by atoms with van der Waals surface area (Å²) < 4.78 is 35.1. The number of rotatable bonds is 8. The Bertz CT molecular complexity index is 1620. The fourth-order valence-corrected chi connectivity index (χ4v) is 5.07. The molecule has 1 unspecified atom stereocenters. The van der Waals surface area contributed by atoms with Gasteiger partial charge in [0.15, 0.2) is 23.6 Å². The van der Waals surface area contributed by atoms with Gasteiger partial charge in [-0.2, -0.15) is 4.98 Å². The molecule has 0 aliphatic carbocycles. The monoisotopic (exact) mass is 589 g/mol. The van der Waals surface area contributed by atoms with E-state index in [0.717, 1.165) is 27.7 Å². The normalized spacial score (nSPS) is 32.0. The first-order valence-corrected chi connectivity index (χ1v) is 13.0. The average Bonchev–Trinajstić information content (AvgIpc) is 3.52. The van der Waals surface area contributed by atoms with Crippen LogP contribution in [0.2, 0.25) is 0 Å². The summed E-state index contributed by atoms with van der Waals surface area (Å²) in [5.74, 6) is -0.230. The van der Waals surface area contributed by atoms with E-state index >= 15 is 0 Å². The molecule has 2 fully saturated rings. The largest absolute Gasteiger partial charge is 0.472 e. The van der Waals surface area contributed by atoms with Gasteiger partial charge in [0.1, 0.15) is 36.6 Å². The molecule has 40 heavy (non-hydrogen) atoms. The summed E-state index contributed by atoms with van der Waals surface area (Å²) in [6.45, 7) is -1.53. The van der Waals surface area contributed by atoms with Crippen LogP contribution in [0.1, 0.15) is 12.5 Å². The first kappa shape index (κ1) is 28.2. The van der Waals surface area contributed by atoms with E-state index < -0.39 is 86.9 Å². The first-order chi connectivity index (χ1) is 18.9. The number of phosphoric ester groups is 1. The van der Waals surface area contributed by atoms with E-state index in [1.165, 1.54) is 0 Å². The van der Waals surface area contributed by atoms with Crippen LogP contribution in [0.3, 0.4) is 0 Å². The number of H-pyrrole nitrogens is 2. The van der Waals surface area contributed by atoms with Crippen molar-refractivity contribution in [3.05, 3.63) is 49.8 Å². The number of hydrogen-bond acceptors (Lipinski definition) is 15. The third-order valence-electron chi connectivity index (χ3n) is 6.33. The van der Waals surface area contributed by atoms with Crippen molar-refractivity contribution in [2.45, 2.75) is 49.1 Å². The number of nitrogen functional groups attached to an aromatic ring is 1. The van der Waals surface area contributed by atoms with Crippen LogP contribution in [-0.4, -0.2) is 104 Å². The van der Waals surface area contributed by atoms with Crippen LogP contribution in [0.25, 0.3) is 11.2 Å². The van der Waals surface area contributed by atoms with E-state index in [1.807, 2.05) is 4.98 Å². The minimum absolute atomic E-state index is 0.0463. The molecule has 218 valence electrons. The minimum atomic E-state index is -4.88. The molecule has 0 amide bonds. The number of nitrogens with two attached hydrogens (primary N) is 1. The Kier molecular flexibility index (Phi) is 7.48. The number of aromatic nitrogens is 6. The number of nitrogens with zero attached hydrogens (tertiary/aromatic N) is 4. The van der Waals surface area contributed by atoms with Gasteiger partial charge < -0.3 is 40.5 Å². The van der Waals surface area contributed by atoms with Gasteiger partial charge in [-0.05, 0) is 0 Å². The molecule has 2 aliphatic rings. The van der Waals surface area contributed by atoms with E-state index in [0.29, 0.717) is 0 Å². The Morgan fingerprint density at radius 2 is 1.52 bits per heavy atom. The van der Waals surface area contributed by atoms with Crippen molar-refractivity contribution in [2.24, 2.45) is 0 Å². The van der Waals surface area contributed by atoms with Gasteiger partial charge in [0.25, 0.3) is 11.1 Å². The van der Waals surface area contributed by atoms with Crippen molar-refractivity contribution in [1.29, 1.82) is 0 Å². The highest BCUT2D eigenvalue weighted by molar-refractivity contribution is 7.47. The van der Waals surface area contributed by atoms with Gasteiger partial charge in [-0.3, -0.25) is 37.7 Å². The third kappa shape index (κ3) is 5.24. The number of aliphatic hydroxyl groups excluding tert-OH is 4. The minimum Gasteiger partial charge on any atom is -0.387 e. The molecule has 3 aromatic rings. The van der Waals surface area contributed by atoms with E-state index in [2.05, 4.69) is 15.0 Å². The van der Waals surface area contributed by atoms with E-state index in [-0.39, 0.29) is 17.1 Å². The van der Waals surface area contributed by atoms with Crippen LogP contribution in [0.5, 0.6) is 0 Å². The highest BCUT2D eigenvalue weighted by Crippen LogP contribution is 2.45. The van der Waals surface area contributed by atoms with Gasteiger partial charge in [0.05, 0.1) is 19.5 Å². The number of nitrogens with one attached hydrogen (secondary N) is 2. The summed E-state index contributed by atoms with van der Waals surface area (Å²) in [6.07, 6.45) is -9.85. The first-order valence-electron chi connectivity index (χ1n) is 11.5. The number of aromatic amines is 2. The van der Waals surface area contributed by atoms with Crippen molar-refractivity contribution in [3.8, 4) is 0 Å². The van der Waals surface area contributed by atoms with Crippen LogP contribution in [0.4, 0.5) is 5.95 Å². The summed E-state index contributed by atoms with van der Waals surface area (Å²) in [5, 5.41) is 41.4. The molecular weight excluding hydrogens is 565 g/mol. The van der Waals surface area contributed by atoms with Crippen LogP contribution in [-0.2, 0) is 23.1 Å². The number of aliphatic hydroxyl groups is 4. The highest BCUT2D eigenvalue weighted by atomic mass is 31.2. The lowest BCUT2D eigenvalue weighted by Crippen LogP contribution is -2.37. The van der Waals surface area contributed by atoms with Crippen molar-refractivity contribution in [2.75, 3.05) is 18.9 Å². The van der Waals surface area contributed by atoms with Crippen LogP contribution in [0.15, 0.2) is 33.0 Å². The molecule has 2 aliphatic heterocycles. The molecule has 21 heteroatoms. The molecule has 20 nitrogen and oxygen atoms in total. The number of imidazole rings is 1. The molecule has 2 saturated heterocycles. The van der Waals surface area contributed by atoms with Gasteiger partial charge >= 0.3 is 13.5 Å². The van der Waals surface area contributed by atoms with Crippen LogP contribution >= 0.6 is 7.82 Å². The summed E-state index contributed by atoms with van der Waals surface area (Å²) >= 11 is 0. The number of hydrogen-bond donors (Lipinski definition) is 8. The molecule has 5 rings (SSSR count). The number of phosphoric acid groups is 1. The van der Waals surface area contributed by atoms with Crippen LogP contribution in [0, 0.1) is 0 Å². The van der Waals surface area contributed by atoms with Crippen molar-refractivity contribution < 1.29 is 48.4 Å². The predicted octanol–water partition coefficient (Wildman–Crippen LogP) is -4.38.